The normalized spacial score (nSPS) is 10.1. The molecular weight excluding hydrogens is 347 g/mol. The second-order valence-corrected chi connectivity index (χ2v) is 4.66. The molecule has 80 valence electrons. The van der Waals surface area contributed by atoms with Crippen LogP contribution in [-0.2, 0) is 11.2 Å². The average molecular weight is 354 g/mol. The molecule has 0 spiro atoms. The topological polar surface area (TPSA) is 34.1 Å². The highest BCUT2D eigenvalue weighted by atomic mass is 79.9. The number of hydrogen-bond donors (Lipinski definition) is 0. The number of rotatable bonds is 4. The molecule has 0 aliphatic carbocycles. The predicted molar refractivity (Wildman–Crippen MR) is 66.8 cm³/mol. The van der Waals surface area contributed by atoms with E-state index in [2.05, 4.69) is 31.9 Å². The van der Waals surface area contributed by atoms with Crippen molar-refractivity contribution < 1.29 is 9.59 Å². The lowest BCUT2D eigenvalue weighted by Gasteiger charge is -2.06. The zero-order valence-electron chi connectivity index (χ0n) is 7.60. The fourth-order valence-corrected chi connectivity index (χ4v) is 2.32. The van der Waals surface area contributed by atoms with Gasteiger partial charge in [0.2, 0.25) is 0 Å². The van der Waals surface area contributed by atoms with Crippen molar-refractivity contribution in [2.45, 2.75) is 6.42 Å². The van der Waals surface area contributed by atoms with Crippen molar-refractivity contribution in [1.82, 2.24) is 0 Å². The van der Waals surface area contributed by atoms with Gasteiger partial charge in [0.25, 0.3) is 5.24 Å². The summed E-state index contributed by atoms with van der Waals surface area (Å²) < 4.78 is 0.613. The van der Waals surface area contributed by atoms with Crippen molar-refractivity contribution in [2.75, 3.05) is 5.33 Å². The summed E-state index contributed by atoms with van der Waals surface area (Å²) in [5.74, 6) is 0.00673. The third-order valence-corrected chi connectivity index (χ3v) is 3.31. The largest absolute Gasteiger partial charge is 0.298 e. The molecule has 0 atom stereocenters. The summed E-state index contributed by atoms with van der Waals surface area (Å²) >= 11 is 11.8. The molecule has 0 amide bonds. The van der Waals surface area contributed by atoms with Gasteiger partial charge in [-0.1, -0.05) is 28.1 Å². The molecule has 1 aromatic carbocycles. The molecule has 0 fully saturated rings. The van der Waals surface area contributed by atoms with Crippen LogP contribution in [0.4, 0.5) is 0 Å². The molecule has 0 unspecified atom stereocenters. The SMILES string of the molecule is O=C(CBr)Cc1cccc(Br)c1C(=O)Cl. The quantitative estimate of drug-likeness (QED) is 0.614. The summed E-state index contributed by atoms with van der Waals surface area (Å²) in [7, 11) is 0. The van der Waals surface area contributed by atoms with E-state index in [0.29, 0.717) is 15.6 Å². The minimum atomic E-state index is -0.556. The van der Waals surface area contributed by atoms with Crippen LogP contribution in [0.3, 0.4) is 0 Å². The Morgan fingerprint density at radius 3 is 2.53 bits per heavy atom. The van der Waals surface area contributed by atoms with Gasteiger partial charge in [-0.3, -0.25) is 9.59 Å². The van der Waals surface area contributed by atoms with Gasteiger partial charge < -0.3 is 0 Å². The Kier molecular flexibility index (Phi) is 4.96. The number of halogens is 3. The first-order valence-corrected chi connectivity index (χ1v) is 6.40. The second kappa shape index (κ2) is 5.77. The molecule has 5 heteroatoms. The first-order valence-electron chi connectivity index (χ1n) is 4.11. The first-order chi connectivity index (χ1) is 7.06. The number of alkyl halides is 1. The molecule has 0 aromatic heterocycles. The van der Waals surface area contributed by atoms with Crippen molar-refractivity contribution >= 4 is 54.5 Å². The minimum absolute atomic E-state index is 0.00673. The van der Waals surface area contributed by atoms with Gasteiger partial charge in [0.05, 0.1) is 10.9 Å². The average Bonchev–Trinajstić information content (AvgIpc) is 2.17. The van der Waals surface area contributed by atoms with Crippen LogP contribution in [0, 0.1) is 0 Å². The molecule has 0 saturated heterocycles. The van der Waals surface area contributed by atoms with Crippen molar-refractivity contribution in [3.8, 4) is 0 Å². The van der Waals surface area contributed by atoms with Crippen LogP contribution in [0.2, 0.25) is 0 Å². The van der Waals surface area contributed by atoms with E-state index in [1.54, 1.807) is 18.2 Å². The number of hydrogen-bond acceptors (Lipinski definition) is 2. The van der Waals surface area contributed by atoms with Crippen LogP contribution >= 0.6 is 43.5 Å². The van der Waals surface area contributed by atoms with Gasteiger partial charge in [-0.2, -0.15) is 0 Å². The minimum Gasteiger partial charge on any atom is -0.298 e. The molecular formula is C10H7Br2ClO2. The molecule has 0 aliphatic heterocycles. The van der Waals surface area contributed by atoms with Crippen molar-refractivity contribution in [1.29, 1.82) is 0 Å². The monoisotopic (exact) mass is 352 g/mol. The molecule has 0 bridgehead atoms. The third kappa shape index (κ3) is 3.40. The highest BCUT2D eigenvalue weighted by Crippen LogP contribution is 2.23. The zero-order valence-corrected chi connectivity index (χ0v) is 11.5. The molecule has 0 N–H and O–H groups in total. The molecule has 0 heterocycles. The number of ketones is 1. The summed E-state index contributed by atoms with van der Waals surface area (Å²) in [6.45, 7) is 0. The maximum Gasteiger partial charge on any atom is 0.253 e. The van der Waals surface area contributed by atoms with E-state index in [1.165, 1.54) is 0 Å². The highest BCUT2D eigenvalue weighted by Gasteiger charge is 2.14. The van der Waals surface area contributed by atoms with Crippen LogP contribution in [0.1, 0.15) is 15.9 Å². The number of carbonyl (C=O) groups is 2. The summed E-state index contributed by atoms with van der Waals surface area (Å²) in [6.07, 6.45) is 0.207. The third-order valence-electron chi connectivity index (χ3n) is 1.83. The lowest BCUT2D eigenvalue weighted by Crippen LogP contribution is -2.08. The Labute approximate surface area is 109 Å². The molecule has 0 aliphatic rings. The van der Waals surface area contributed by atoms with Gasteiger partial charge in [-0.25, -0.2) is 0 Å². The predicted octanol–water partition coefficient (Wildman–Crippen LogP) is 3.33. The number of carbonyl (C=O) groups excluding carboxylic acids is 2. The van der Waals surface area contributed by atoms with Gasteiger partial charge in [-0.05, 0) is 39.2 Å². The van der Waals surface area contributed by atoms with Gasteiger partial charge >= 0.3 is 0 Å². The lowest BCUT2D eigenvalue weighted by atomic mass is 10.0. The van der Waals surface area contributed by atoms with E-state index in [1.807, 2.05) is 0 Å². The zero-order chi connectivity index (χ0) is 11.4. The summed E-state index contributed by atoms with van der Waals surface area (Å²) in [5, 5.41) is -0.282. The van der Waals surface area contributed by atoms with Crippen LogP contribution in [0.5, 0.6) is 0 Å². The standard InChI is InChI=1S/C10H7Br2ClO2/c11-5-7(14)4-6-2-1-3-8(12)9(6)10(13)15/h1-3H,4-5H2. The Hall–Kier alpha value is -0.190. The molecule has 0 radical (unpaired) electrons. The lowest BCUT2D eigenvalue weighted by molar-refractivity contribution is -0.115. The van der Waals surface area contributed by atoms with Gasteiger partial charge in [0.1, 0.15) is 5.78 Å². The summed E-state index contributed by atoms with van der Waals surface area (Å²) in [6, 6.07) is 5.21. The van der Waals surface area contributed by atoms with Crippen LogP contribution in [0.25, 0.3) is 0 Å². The number of benzene rings is 1. The Bertz CT molecular complexity index is 404. The van der Waals surface area contributed by atoms with Gasteiger partial charge in [0.15, 0.2) is 0 Å². The molecule has 15 heavy (non-hydrogen) atoms. The summed E-state index contributed by atoms with van der Waals surface area (Å²) in [4.78, 5) is 22.4. The molecule has 1 aromatic rings. The van der Waals surface area contributed by atoms with E-state index < -0.39 is 5.24 Å². The fourth-order valence-electron chi connectivity index (χ4n) is 1.20. The van der Waals surface area contributed by atoms with Crippen molar-refractivity contribution in [3.63, 3.8) is 0 Å². The van der Waals surface area contributed by atoms with Crippen molar-refractivity contribution in [3.05, 3.63) is 33.8 Å². The van der Waals surface area contributed by atoms with Crippen LogP contribution < -0.4 is 0 Å². The smallest absolute Gasteiger partial charge is 0.253 e. The molecule has 2 nitrogen and oxygen atoms in total. The maximum atomic E-state index is 11.3. The van der Waals surface area contributed by atoms with Crippen molar-refractivity contribution in [2.24, 2.45) is 0 Å². The van der Waals surface area contributed by atoms with Crippen LogP contribution in [0.15, 0.2) is 22.7 Å². The number of Topliss-reactive ketones (excluding diaryl/α,β-unsaturated/α-hetero) is 1. The summed E-state index contributed by atoms with van der Waals surface area (Å²) in [5.41, 5.74) is 1.02. The molecule has 0 saturated carbocycles. The van der Waals surface area contributed by atoms with E-state index in [-0.39, 0.29) is 17.5 Å². The maximum absolute atomic E-state index is 11.3. The fraction of sp³-hybridized carbons (Fsp3) is 0.200. The Morgan fingerprint density at radius 2 is 2.00 bits per heavy atom. The first kappa shape index (κ1) is 12.9. The van der Waals surface area contributed by atoms with E-state index in [0.717, 1.165) is 0 Å². The van der Waals surface area contributed by atoms with E-state index in [4.69, 9.17) is 11.6 Å². The Morgan fingerprint density at radius 1 is 1.33 bits per heavy atom. The second-order valence-electron chi connectivity index (χ2n) is 2.90. The van der Waals surface area contributed by atoms with Crippen LogP contribution in [-0.4, -0.2) is 16.4 Å². The van der Waals surface area contributed by atoms with Gasteiger partial charge in [0, 0.05) is 10.9 Å². The van der Waals surface area contributed by atoms with Gasteiger partial charge in [-0.15, -0.1) is 0 Å². The van der Waals surface area contributed by atoms with E-state index in [9.17, 15) is 9.59 Å². The Balaban J connectivity index is 3.11. The molecule has 1 rings (SSSR count). The highest BCUT2D eigenvalue weighted by molar-refractivity contribution is 9.10. The van der Waals surface area contributed by atoms with E-state index >= 15 is 0 Å².